The molecule has 0 aliphatic rings. The fraction of sp³-hybridized carbons (Fsp3) is 1.00. The average Bonchev–Trinajstić information content (AvgIpc) is 2.03. The van der Waals surface area contributed by atoms with E-state index in [1.54, 1.807) is 0 Å². The van der Waals surface area contributed by atoms with E-state index in [1.165, 1.54) is 0 Å². The second kappa shape index (κ2) is 6.06. The third-order valence-corrected chi connectivity index (χ3v) is 6.50. The summed E-state index contributed by atoms with van der Waals surface area (Å²) in [5.74, 6) is 0.468. The smallest absolute Gasteiger partial charge is 0.117 e. The van der Waals surface area contributed by atoms with Crippen LogP contribution in [0.25, 0.3) is 0 Å². The van der Waals surface area contributed by atoms with E-state index in [-0.39, 0.29) is 11.3 Å². The van der Waals surface area contributed by atoms with Crippen LogP contribution in [-0.2, 0) is 9.30 Å². The maximum absolute atomic E-state index is 12.3. The predicted octanol–water partition coefficient (Wildman–Crippen LogP) is 3.38. The highest BCUT2D eigenvalue weighted by Crippen LogP contribution is 2.54. The van der Waals surface area contributed by atoms with Crippen molar-refractivity contribution in [3.8, 4) is 0 Å². The van der Waals surface area contributed by atoms with E-state index >= 15 is 0 Å². The summed E-state index contributed by atoms with van der Waals surface area (Å²) in [5.41, 5.74) is 0.394. The normalized spacial score (nSPS) is 12.8. The minimum Gasteiger partial charge on any atom is -0.372 e. The van der Waals surface area contributed by atoms with Crippen LogP contribution in [0.2, 0.25) is 0 Å². The van der Waals surface area contributed by atoms with E-state index < -0.39 is 7.14 Å². The molecule has 0 spiro atoms. The molecular weight excluding hydrogens is 207 g/mol. The van der Waals surface area contributed by atoms with Gasteiger partial charge >= 0.3 is 0 Å². The van der Waals surface area contributed by atoms with E-state index in [0.717, 1.165) is 0 Å². The fourth-order valence-corrected chi connectivity index (χ4v) is 3.47. The standard InChI is InChI=1S/C9H20ClO2P/c1-8(2)13(11,9(3)4)7-12-6-5-10/h8-9H,5-7H2,1-4H3. The number of alkyl halides is 1. The lowest BCUT2D eigenvalue weighted by atomic mass is 10.5. The Hall–Kier alpha value is 0.480. The van der Waals surface area contributed by atoms with Gasteiger partial charge in [0.05, 0.1) is 6.61 Å². The fourth-order valence-electron chi connectivity index (χ4n) is 1.16. The Balaban J connectivity index is 4.18. The topological polar surface area (TPSA) is 26.3 Å². The molecule has 0 saturated carbocycles. The zero-order valence-electron chi connectivity index (χ0n) is 8.92. The largest absolute Gasteiger partial charge is 0.372 e. The molecule has 0 fully saturated rings. The Morgan fingerprint density at radius 2 is 1.69 bits per heavy atom. The first-order valence-corrected chi connectivity index (χ1v) is 7.23. The van der Waals surface area contributed by atoms with Crippen LogP contribution in [0.15, 0.2) is 0 Å². The summed E-state index contributed by atoms with van der Waals surface area (Å²) in [6.07, 6.45) is 0.370. The van der Waals surface area contributed by atoms with Gasteiger partial charge in [-0.15, -0.1) is 11.6 Å². The van der Waals surface area contributed by atoms with Gasteiger partial charge in [-0.1, -0.05) is 27.7 Å². The molecule has 0 amide bonds. The lowest BCUT2D eigenvalue weighted by Gasteiger charge is -2.25. The first kappa shape index (κ1) is 13.5. The van der Waals surface area contributed by atoms with E-state index in [0.29, 0.717) is 18.8 Å². The molecular formula is C9H20ClO2P. The second-order valence-electron chi connectivity index (χ2n) is 3.77. The molecule has 80 valence electrons. The summed E-state index contributed by atoms with van der Waals surface area (Å²) in [6, 6.07) is 0. The average molecular weight is 227 g/mol. The van der Waals surface area contributed by atoms with Gasteiger partial charge < -0.3 is 9.30 Å². The SMILES string of the molecule is CC(C)P(=O)(COCCCl)C(C)C. The van der Waals surface area contributed by atoms with Gasteiger partial charge in [-0.25, -0.2) is 0 Å². The number of hydrogen-bond donors (Lipinski definition) is 0. The maximum Gasteiger partial charge on any atom is 0.117 e. The first-order valence-electron chi connectivity index (χ1n) is 4.67. The van der Waals surface area contributed by atoms with Crippen molar-refractivity contribution in [1.82, 2.24) is 0 Å². The van der Waals surface area contributed by atoms with Crippen molar-refractivity contribution in [2.45, 2.75) is 39.0 Å². The minimum atomic E-state index is -2.17. The van der Waals surface area contributed by atoms with Crippen LogP contribution in [0, 0.1) is 0 Å². The van der Waals surface area contributed by atoms with Gasteiger partial charge in [-0.3, -0.25) is 0 Å². The van der Waals surface area contributed by atoms with Crippen molar-refractivity contribution in [1.29, 1.82) is 0 Å². The molecule has 0 aliphatic heterocycles. The van der Waals surface area contributed by atoms with E-state index in [9.17, 15) is 4.57 Å². The van der Waals surface area contributed by atoms with Crippen LogP contribution in [-0.4, -0.2) is 30.2 Å². The Bertz CT molecular complexity index is 168. The molecule has 0 aromatic heterocycles. The lowest BCUT2D eigenvalue weighted by molar-refractivity contribution is 0.192. The summed E-state index contributed by atoms with van der Waals surface area (Å²) in [4.78, 5) is 0. The molecule has 0 heterocycles. The van der Waals surface area contributed by atoms with Crippen molar-refractivity contribution in [2.24, 2.45) is 0 Å². The molecule has 13 heavy (non-hydrogen) atoms. The van der Waals surface area contributed by atoms with Crippen molar-refractivity contribution in [3.63, 3.8) is 0 Å². The molecule has 0 aromatic rings. The van der Waals surface area contributed by atoms with Gasteiger partial charge in [0.25, 0.3) is 0 Å². The van der Waals surface area contributed by atoms with Crippen molar-refractivity contribution in [3.05, 3.63) is 0 Å². The summed E-state index contributed by atoms with van der Waals surface area (Å²) >= 11 is 5.47. The lowest BCUT2D eigenvalue weighted by Crippen LogP contribution is -2.14. The van der Waals surface area contributed by atoms with Crippen LogP contribution < -0.4 is 0 Å². The van der Waals surface area contributed by atoms with Gasteiger partial charge in [0, 0.05) is 17.2 Å². The van der Waals surface area contributed by atoms with E-state index in [4.69, 9.17) is 16.3 Å². The van der Waals surface area contributed by atoms with Crippen molar-refractivity contribution >= 4 is 18.7 Å². The molecule has 0 N–H and O–H groups in total. The number of halogens is 1. The van der Waals surface area contributed by atoms with Crippen LogP contribution in [0.4, 0.5) is 0 Å². The van der Waals surface area contributed by atoms with Gasteiger partial charge in [0.1, 0.15) is 13.5 Å². The van der Waals surface area contributed by atoms with Crippen LogP contribution in [0.1, 0.15) is 27.7 Å². The number of ether oxygens (including phenoxy) is 1. The van der Waals surface area contributed by atoms with Crippen molar-refractivity contribution < 1.29 is 9.30 Å². The Morgan fingerprint density at radius 3 is 2.00 bits per heavy atom. The molecule has 0 radical (unpaired) electrons. The predicted molar refractivity (Wildman–Crippen MR) is 59.4 cm³/mol. The highest BCUT2D eigenvalue weighted by Gasteiger charge is 2.30. The quantitative estimate of drug-likeness (QED) is 0.394. The highest BCUT2D eigenvalue weighted by atomic mass is 35.5. The minimum absolute atomic E-state index is 0.197. The van der Waals surface area contributed by atoms with Gasteiger partial charge in [-0.2, -0.15) is 0 Å². The van der Waals surface area contributed by atoms with Crippen LogP contribution in [0.5, 0.6) is 0 Å². The van der Waals surface area contributed by atoms with Crippen molar-refractivity contribution in [2.75, 3.05) is 18.8 Å². The summed E-state index contributed by atoms with van der Waals surface area (Å²) in [7, 11) is -2.17. The summed E-state index contributed by atoms with van der Waals surface area (Å²) in [6.45, 7) is 8.45. The Morgan fingerprint density at radius 1 is 1.23 bits per heavy atom. The molecule has 2 nitrogen and oxygen atoms in total. The third kappa shape index (κ3) is 4.01. The first-order chi connectivity index (χ1) is 5.95. The molecule has 0 aromatic carbocycles. The van der Waals surface area contributed by atoms with E-state index in [2.05, 4.69) is 0 Å². The molecule has 0 atom stereocenters. The number of hydrogen-bond acceptors (Lipinski definition) is 2. The Kier molecular flexibility index (Phi) is 6.28. The molecule has 0 saturated heterocycles. The molecule has 0 unspecified atom stereocenters. The summed E-state index contributed by atoms with van der Waals surface area (Å²) < 4.78 is 17.6. The zero-order chi connectivity index (χ0) is 10.5. The van der Waals surface area contributed by atoms with Gasteiger partial charge in [0.2, 0.25) is 0 Å². The third-order valence-electron chi connectivity index (χ3n) is 2.26. The second-order valence-corrected chi connectivity index (χ2v) is 8.18. The zero-order valence-corrected chi connectivity index (χ0v) is 10.6. The molecule has 0 aliphatic carbocycles. The molecule has 0 bridgehead atoms. The van der Waals surface area contributed by atoms with Crippen LogP contribution >= 0.6 is 18.7 Å². The maximum atomic E-state index is 12.3. The van der Waals surface area contributed by atoms with Crippen LogP contribution in [0.3, 0.4) is 0 Å². The number of rotatable bonds is 6. The van der Waals surface area contributed by atoms with Gasteiger partial charge in [-0.05, 0) is 0 Å². The highest BCUT2D eigenvalue weighted by molar-refractivity contribution is 7.65. The molecule has 4 heteroatoms. The van der Waals surface area contributed by atoms with Gasteiger partial charge in [0.15, 0.2) is 0 Å². The monoisotopic (exact) mass is 226 g/mol. The molecule has 0 rings (SSSR count). The summed E-state index contributed by atoms with van der Waals surface area (Å²) in [5, 5.41) is 0. The Labute approximate surface area is 86.4 Å². The van der Waals surface area contributed by atoms with E-state index in [1.807, 2.05) is 27.7 Å².